The van der Waals surface area contributed by atoms with Crippen LogP contribution >= 0.6 is 0 Å². The number of imidazole rings is 1. The molecule has 5 rings (SSSR count). The Labute approximate surface area is 197 Å². The number of carbonyl (C=O) groups excluding carboxylic acids is 2. The van der Waals surface area contributed by atoms with E-state index in [1.165, 1.54) is 30.3 Å². The molecule has 0 spiro atoms. The minimum atomic E-state index is -1.05. The first-order valence-electron chi connectivity index (χ1n) is 10.5. The number of aromatic nitrogens is 2. The lowest BCUT2D eigenvalue weighted by molar-refractivity contribution is -0.116. The van der Waals surface area contributed by atoms with Gasteiger partial charge in [0.2, 0.25) is 5.78 Å². The lowest BCUT2D eigenvalue weighted by Gasteiger charge is -2.17. The Bertz CT molecular complexity index is 1630. The Kier molecular flexibility index (Phi) is 5.30. The summed E-state index contributed by atoms with van der Waals surface area (Å²) in [5.41, 5.74) is 5.63. The second-order valence-corrected chi connectivity index (χ2v) is 7.72. The van der Waals surface area contributed by atoms with Gasteiger partial charge >= 0.3 is 11.7 Å². The van der Waals surface area contributed by atoms with Gasteiger partial charge < -0.3 is 20.4 Å². The number of hydrogen-bond donors (Lipinski definition) is 5. The number of carboxylic acids is 1. The maximum absolute atomic E-state index is 13.3. The zero-order chi connectivity index (χ0) is 24.5. The summed E-state index contributed by atoms with van der Waals surface area (Å²) in [6.07, 6.45) is 1.50. The Morgan fingerprint density at radius 1 is 0.857 bits per heavy atom. The van der Waals surface area contributed by atoms with Crippen molar-refractivity contribution in [2.45, 2.75) is 0 Å². The maximum atomic E-state index is 13.3. The minimum Gasteiger partial charge on any atom is -0.478 e. The first-order valence-corrected chi connectivity index (χ1v) is 10.5. The summed E-state index contributed by atoms with van der Waals surface area (Å²) in [4.78, 5) is 54.1. The van der Waals surface area contributed by atoms with E-state index in [9.17, 15) is 19.2 Å². The fourth-order valence-electron chi connectivity index (χ4n) is 3.71. The molecule has 5 N–H and O–H groups in total. The van der Waals surface area contributed by atoms with Crippen molar-refractivity contribution in [3.8, 4) is 0 Å². The monoisotopic (exact) mass is 467 g/mol. The van der Waals surface area contributed by atoms with Crippen molar-refractivity contribution in [1.29, 1.82) is 0 Å². The number of rotatable bonds is 5. The van der Waals surface area contributed by atoms with E-state index in [0.717, 1.165) is 0 Å². The molecule has 0 atom stereocenters. The van der Waals surface area contributed by atoms with Crippen LogP contribution in [-0.4, -0.2) is 38.4 Å². The van der Waals surface area contributed by atoms with Crippen LogP contribution in [0.4, 0.5) is 11.4 Å². The van der Waals surface area contributed by atoms with Crippen molar-refractivity contribution < 1.29 is 19.5 Å². The first kappa shape index (κ1) is 21.6. The van der Waals surface area contributed by atoms with Crippen LogP contribution < -0.4 is 16.4 Å². The van der Waals surface area contributed by atoms with Crippen LogP contribution in [0, 0.1) is 0 Å². The molecule has 35 heavy (non-hydrogen) atoms. The lowest BCUT2D eigenvalue weighted by atomic mass is 9.89. The van der Waals surface area contributed by atoms with E-state index in [2.05, 4.69) is 25.8 Å². The number of anilines is 2. The highest BCUT2D eigenvalue weighted by Gasteiger charge is 2.30. The number of aromatic amines is 2. The van der Waals surface area contributed by atoms with E-state index in [1.54, 1.807) is 42.5 Å². The highest BCUT2D eigenvalue weighted by Crippen LogP contribution is 2.24. The number of carboxylic acid groups (broad SMARTS) is 1. The highest BCUT2D eigenvalue weighted by molar-refractivity contribution is 6.59. The molecule has 1 aliphatic carbocycles. The predicted octanol–water partition coefficient (Wildman–Crippen LogP) is 2.98. The molecule has 0 unspecified atom stereocenters. The average Bonchev–Trinajstić information content (AvgIpc) is 3.22. The number of amides is 1. The molecule has 4 aromatic rings. The molecule has 10 heteroatoms. The van der Waals surface area contributed by atoms with Crippen LogP contribution in [0.2, 0.25) is 0 Å². The van der Waals surface area contributed by atoms with Gasteiger partial charge in [-0.3, -0.25) is 15.0 Å². The van der Waals surface area contributed by atoms with E-state index in [4.69, 9.17) is 5.11 Å². The first-order chi connectivity index (χ1) is 16.9. The van der Waals surface area contributed by atoms with Crippen LogP contribution in [0.15, 0.2) is 82.2 Å². The summed E-state index contributed by atoms with van der Waals surface area (Å²) in [5.74, 6) is -2.26. The molecular weight excluding hydrogens is 450 g/mol. The second kappa shape index (κ2) is 8.60. The zero-order valence-corrected chi connectivity index (χ0v) is 18.0. The Morgan fingerprint density at radius 3 is 2.34 bits per heavy atom. The summed E-state index contributed by atoms with van der Waals surface area (Å²) in [5, 5.41) is 16.0. The largest absolute Gasteiger partial charge is 0.478 e. The molecule has 1 aromatic heterocycles. The summed E-state index contributed by atoms with van der Waals surface area (Å²) in [7, 11) is 0. The van der Waals surface area contributed by atoms with E-state index in [1.807, 2.05) is 0 Å². The van der Waals surface area contributed by atoms with Crippen molar-refractivity contribution in [1.82, 2.24) is 9.97 Å². The number of hydrazone groups is 1. The van der Waals surface area contributed by atoms with E-state index in [0.29, 0.717) is 33.5 Å². The predicted molar refractivity (Wildman–Crippen MR) is 131 cm³/mol. The fraction of sp³-hybridized carbons (Fsp3) is 0. The number of fused-ring (bicyclic) bond motifs is 2. The molecule has 172 valence electrons. The molecule has 1 heterocycles. The van der Waals surface area contributed by atoms with Gasteiger partial charge in [-0.25, -0.2) is 9.59 Å². The van der Waals surface area contributed by atoms with Gasteiger partial charge in [0.05, 0.1) is 27.9 Å². The number of aromatic carboxylic acids is 1. The van der Waals surface area contributed by atoms with Gasteiger partial charge in [-0.15, -0.1) is 0 Å². The van der Waals surface area contributed by atoms with Crippen LogP contribution in [0.3, 0.4) is 0 Å². The minimum absolute atomic E-state index is 0.0426. The average molecular weight is 467 g/mol. The molecule has 1 amide bonds. The van der Waals surface area contributed by atoms with E-state index in [-0.39, 0.29) is 22.5 Å². The van der Waals surface area contributed by atoms with Gasteiger partial charge in [-0.1, -0.05) is 24.3 Å². The summed E-state index contributed by atoms with van der Waals surface area (Å²) < 4.78 is 0. The summed E-state index contributed by atoms with van der Waals surface area (Å²) >= 11 is 0. The number of nitrogens with zero attached hydrogens (tertiary/aromatic N) is 1. The summed E-state index contributed by atoms with van der Waals surface area (Å²) in [6.45, 7) is 0. The molecule has 0 bridgehead atoms. The SMILES string of the molecule is O=C(Nc1ccc2[nH]c(=O)[nH]c2c1)C1=Cc2ccccc2/C(=N/Nc2ccc(C(=O)O)cc2)C1=O. The van der Waals surface area contributed by atoms with Crippen molar-refractivity contribution in [3.05, 3.63) is 99.5 Å². The van der Waals surface area contributed by atoms with E-state index < -0.39 is 17.7 Å². The zero-order valence-electron chi connectivity index (χ0n) is 18.0. The normalized spacial score (nSPS) is 13.9. The quantitative estimate of drug-likeness (QED) is 0.224. The standard InChI is InChI=1S/C25H17N5O5/c31-22-18(23(32)26-16-9-10-19-20(12-16)28-25(35)27-19)11-14-3-1-2-4-17(14)21(22)30-29-15-7-5-13(6-8-15)24(33)34/h1-12,29H,(H,26,32)(H,33,34)(H2,27,28,35)/b30-21-. The van der Waals surface area contributed by atoms with Gasteiger partial charge in [-0.05, 0) is 54.1 Å². The molecule has 3 aromatic carbocycles. The number of Topliss-reactive ketones (excluding diaryl/α,β-unsaturated/α-hetero) is 1. The van der Waals surface area contributed by atoms with Crippen molar-refractivity contribution in [2.24, 2.45) is 5.10 Å². The Hall–Kier alpha value is -5.25. The molecule has 0 saturated carbocycles. The molecule has 0 radical (unpaired) electrons. The van der Waals surface area contributed by atoms with E-state index >= 15 is 0 Å². The van der Waals surface area contributed by atoms with Gasteiger partial charge in [0.25, 0.3) is 5.91 Å². The number of benzene rings is 3. The third-order valence-corrected chi connectivity index (χ3v) is 5.42. The number of carbonyl (C=O) groups is 3. The second-order valence-electron chi connectivity index (χ2n) is 7.72. The van der Waals surface area contributed by atoms with Gasteiger partial charge in [0.15, 0.2) is 0 Å². The maximum Gasteiger partial charge on any atom is 0.335 e. The third-order valence-electron chi connectivity index (χ3n) is 5.42. The Morgan fingerprint density at radius 2 is 1.57 bits per heavy atom. The molecular formula is C25H17N5O5. The number of nitrogens with one attached hydrogen (secondary N) is 4. The number of ketones is 1. The molecule has 1 aliphatic rings. The van der Waals surface area contributed by atoms with Crippen LogP contribution in [0.5, 0.6) is 0 Å². The van der Waals surface area contributed by atoms with Crippen LogP contribution in [0.1, 0.15) is 21.5 Å². The molecule has 0 aliphatic heterocycles. The number of H-pyrrole nitrogens is 2. The van der Waals surface area contributed by atoms with Gasteiger partial charge in [-0.2, -0.15) is 5.10 Å². The molecule has 0 fully saturated rings. The lowest BCUT2D eigenvalue weighted by Crippen LogP contribution is -2.30. The van der Waals surface area contributed by atoms with Gasteiger partial charge in [0, 0.05) is 11.3 Å². The molecule has 0 saturated heterocycles. The van der Waals surface area contributed by atoms with Crippen molar-refractivity contribution in [3.63, 3.8) is 0 Å². The molecule has 10 nitrogen and oxygen atoms in total. The topological polar surface area (TPSA) is 157 Å². The Balaban J connectivity index is 1.44. The van der Waals surface area contributed by atoms with Gasteiger partial charge in [0.1, 0.15) is 5.71 Å². The highest BCUT2D eigenvalue weighted by atomic mass is 16.4. The van der Waals surface area contributed by atoms with Crippen LogP contribution in [-0.2, 0) is 9.59 Å². The van der Waals surface area contributed by atoms with Crippen LogP contribution in [0.25, 0.3) is 17.1 Å². The van der Waals surface area contributed by atoms with Crippen molar-refractivity contribution >= 4 is 51.9 Å². The third kappa shape index (κ3) is 4.23. The van der Waals surface area contributed by atoms with Crippen molar-refractivity contribution in [2.75, 3.05) is 10.7 Å². The smallest absolute Gasteiger partial charge is 0.335 e. The summed E-state index contributed by atoms with van der Waals surface area (Å²) in [6, 6.07) is 17.8. The number of hydrogen-bond acceptors (Lipinski definition) is 6. The fourth-order valence-corrected chi connectivity index (χ4v) is 3.71.